The number of halogens is 1. The fourth-order valence-corrected chi connectivity index (χ4v) is 1.99. The summed E-state index contributed by atoms with van der Waals surface area (Å²) in [5, 5.41) is 17.2. The largest absolute Gasteiger partial charge is 0.477 e. The Kier molecular flexibility index (Phi) is 3.14. The van der Waals surface area contributed by atoms with E-state index in [0.717, 1.165) is 13.0 Å². The quantitative estimate of drug-likeness (QED) is 0.799. The van der Waals surface area contributed by atoms with Gasteiger partial charge in [0.25, 0.3) is 0 Å². The van der Waals surface area contributed by atoms with Crippen LogP contribution >= 0.6 is 11.6 Å². The van der Waals surface area contributed by atoms with E-state index in [2.05, 4.69) is 10.4 Å². The molecule has 0 saturated carbocycles. The second-order valence-electron chi connectivity index (χ2n) is 3.51. The first-order valence-corrected chi connectivity index (χ1v) is 5.33. The second-order valence-corrected chi connectivity index (χ2v) is 3.87. The standard InChI is InChI=1S/C9H14ClN3O2/c1-11-5-6(14)7-8(10)12-13-3-2-4-15-9(7)13/h6,11,14H,2-5H2,1H3. The van der Waals surface area contributed by atoms with Gasteiger partial charge in [0, 0.05) is 19.5 Å². The number of nitrogens with one attached hydrogen (secondary N) is 1. The summed E-state index contributed by atoms with van der Waals surface area (Å²) >= 11 is 5.97. The van der Waals surface area contributed by atoms with Crippen molar-refractivity contribution in [2.75, 3.05) is 20.2 Å². The van der Waals surface area contributed by atoms with Crippen molar-refractivity contribution in [1.82, 2.24) is 15.1 Å². The van der Waals surface area contributed by atoms with Gasteiger partial charge in [0.2, 0.25) is 5.88 Å². The average Bonchev–Trinajstić information content (AvgIpc) is 2.54. The maximum absolute atomic E-state index is 9.87. The van der Waals surface area contributed by atoms with Crippen LogP contribution in [0.4, 0.5) is 0 Å². The molecule has 0 radical (unpaired) electrons. The van der Waals surface area contributed by atoms with Crippen LogP contribution in [0.3, 0.4) is 0 Å². The molecule has 0 saturated heterocycles. The van der Waals surface area contributed by atoms with Crippen LogP contribution in [0.5, 0.6) is 5.88 Å². The van der Waals surface area contributed by atoms with Crippen molar-refractivity contribution in [2.45, 2.75) is 19.1 Å². The normalized spacial score (nSPS) is 17.0. The number of nitrogens with zero attached hydrogens (tertiary/aromatic N) is 2. The first-order chi connectivity index (χ1) is 7.24. The van der Waals surface area contributed by atoms with E-state index < -0.39 is 6.10 Å². The fraction of sp³-hybridized carbons (Fsp3) is 0.667. The summed E-state index contributed by atoms with van der Waals surface area (Å²) in [4.78, 5) is 0. The van der Waals surface area contributed by atoms with E-state index in [1.54, 1.807) is 11.7 Å². The van der Waals surface area contributed by atoms with Crippen LogP contribution in [0.25, 0.3) is 0 Å². The minimum atomic E-state index is -0.677. The van der Waals surface area contributed by atoms with Crippen molar-refractivity contribution in [3.8, 4) is 5.88 Å². The van der Waals surface area contributed by atoms with E-state index in [1.165, 1.54) is 0 Å². The van der Waals surface area contributed by atoms with Crippen molar-refractivity contribution in [1.29, 1.82) is 0 Å². The molecule has 1 unspecified atom stereocenters. The highest BCUT2D eigenvalue weighted by Crippen LogP contribution is 2.33. The molecular formula is C9H14ClN3O2. The molecular weight excluding hydrogens is 218 g/mol. The molecule has 1 atom stereocenters. The van der Waals surface area contributed by atoms with Gasteiger partial charge in [-0.1, -0.05) is 11.6 Å². The number of aliphatic hydroxyl groups excluding tert-OH is 1. The number of likely N-dealkylation sites (N-methyl/N-ethyl adjacent to an activating group) is 1. The van der Waals surface area contributed by atoms with Crippen molar-refractivity contribution in [3.63, 3.8) is 0 Å². The van der Waals surface area contributed by atoms with Crippen molar-refractivity contribution >= 4 is 11.6 Å². The lowest BCUT2D eigenvalue weighted by Gasteiger charge is -2.17. The zero-order chi connectivity index (χ0) is 10.8. The molecule has 2 N–H and O–H groups in total. The molecule has 6 heteroatoms. The number of ether oxygens (including phenoxy) is 1. The molecule has 2 rings (SSSR count). The number of aliphatic hydroxyl groups is 1. The lowest BCUT2D eigenvalue weighted by Crippen LogP contribution is -2.19. The Labute approximate surface area is 93.0 Å². The van der Waals surface area contributed by atoms with Crippen LogP contribution in [0.1, 0.15) is 18.1 Å². The van der Waals surface area contributed by atoms with Gasteiger partial charge >= 0.3 is 0 Å². The smallest absolute Gasteiger partial charge is 0.219 e. The molecule has 0 bridgehead atoms. The van der Waals surface area contributed by atoms with Crippen molar-refractivity contribution in [3.05, 3.63) is 10.7 Å². The maximum atomic E-state index is 9.87. The molecule has 1 aliphatic rings. The minimum Gasteiger partial charge on any atom is -0.477 e. The topological polar surface area (TPSA) is 59.3 Å². The number of hydrogen-bond acceptors (Lipinski definition) is 4. The third-order valence-corrected chi connectivity index (χ3v) is 2.66. The van der Waals surface area contributed by atoms with Gasteiger partial charge in [-0.15, -0.1) is 0 Å². The predicted octanol–water partition coefficient (Wildman–Crippen LogP) is 0.572. The van der Waals surface area contributed by atoms with Crippen LogP contribution in [0.15, 0.2) is 0 Å². The summed E-state index contributed by atoms with van der Waals surface area (Å²) in [6, 6.07) is 0. The molecule has 0 fully saturated rings. The fourth-order valence-electron chi connectivity index (χ4n) is 1.69. The number of rotatable bonds is 3. The first kappa shape index (κ1) is 10.7. The summed E-state index contributed by atoms with van der Waals surface area (Å²) in [7, 11) is 1.77. The van der Waals surface area contributed by atoms with Gasteiger partial charge in [-0.05, 0) is 7.05 Å². The average molecular weight is 232 g/mol. The number of fused-ring (bicyclic) bond motifs is 1. The van der Waals surface area contributed by atoms with Gasteiger partial charge in [0.15, 0.2) is 5.15 Å². The van der Waals surface area contributed by atoms with Crippen LogP contribution in [0.2, 0.25) is 5.15 Å². The zero-order valence-electron chi connectivity index (χ0n) is 8.53. The van der Waals surface area contributed by atoms with Crippen LogP contribution < -0.4 is 10.1 Å². The second kappa shape index (κ2) is 4.38. The molecule has 0 spiro atoms. The third-order valence-electron chi connectivity index (χ3n) is 2.38. The van der Waals surface area contributed by atoms with Crippen LogP contribution in [-0.4, -0.2) is 35.1 Å². The van der Waals surface area contributed by atoms with Crippen LogP contribution in [-0.2, 0) is 6.54 Å². The van der Waals surface area contributed by atoms with Crippen molar-refractivity contribution < 1.29 is 9.84 Å². The summed E-state index contributed by atoms with van der Waals surface area (Å²) in [5.74, 6) is 0.606. The molecule has 15 heavy (non-hydrogen) atoms. The highest BCUT2D eigenvalue weighted by Gasteiger charge is 2.25. The van der Waals surface area contributed by atoms with E-state index in [9.17, 15) is 5.11 Å². The molecule has 1 aromatic rings. The van der Waals surface area contributed by atoms with Gasteiger partial charge in [-0.3, -0.25) is 0 Å². The Hall–Kier alpha value is -0.780. The Morgan fingerprint density at radius 3 is 3.27 bits per heavy atom. The summed E-state index contributed by atoms with van der Waals surface area (Å²) in [5.41, 5.74) is 0.589. The number of aryl methyl sites for hydroxylation is 1. The highest BCUT2D eigenvalue weighted by molar-refractivity contribution is 6.30. The molecule has 2 heterocycles. The van der Waals surface area contributed by atoms with Gasteiger partial charge in [-0.25, -0.2) is 4.68 Å². The molecule has 1 aromatic heterocycles. The molecule has 5 nitrogen and oxygen atoms in total. The monoisotopic (exact) mass is 231 g/mol. The molecule has 0 aromatic carbocycles. The number of hydrogen-bond donors (Lipinski definition) is 2. The highest BCUT2D eigenvalue weighted by atomic mass is 35.5. The van der Waals surface area contributed by atoms with E-state index in [-0.39, 0.29) is 0 Å². The van der Waals surface area contributed by atoms with Gasteiger partial charge in [0.05, 0.1) is 18.3 Å². The van der Waals surface area contributed by atoms with Gasteiger partial charge in [-0.2, -0.15) is 5.10 Å². The third kappa shape index (κ3) is 1.95. The zero-order valence-corrected chi connectivity index (χ0v) is 9.29. The van der Waals surface area contributed by atoms with E-state index >= 15 is 0 Å². The molecule has 0 aliphatic carbocycles. The first-order valence-electron chi connectivity index (χ1n) is 4.95. The predicted molar refractivity (Wildman–Crippen MR) is 56.2 cm³/mol. The maximum Gasteiger partial charge on any atom is 0.219 e. The molecule has 0 amide bonds. The summed E-state index contributed by atoms with van der Waals surface area (Å²) < 4.78 is 7.18. The van der Waals surface area contributed by atoms with E-state index in [1.807, 2.05) is 0 Å². The Bertz CT molecular complexity index is 353. The SMILES string of the molecule is CNCC(O)c1c(Cl)nn2c1OCCC2. The molecule has 84 valence electrons. The number of aromatic nitrogens is 2. The summed E-state index contributed by atoms with van der Waals surface area (Å²) in [6.07, 6.45) is 0.247. The Morgan fingerprint density at radius 2 is 2.53 bits per heavy atom. The van der Waals surface area contributed by atoms with Crippen LogP contribution in [0, 0.1) is 0 Å². The Balaban J connectivity index is 2.32. The van der Waals surface area contributed by atoms with Crippen molar-refractivity contribution in [2.24, 2.45) is 0 Å². The lowest BCUT2D eigenvalue weighted by molar-refractivity contribution is 0.164. The van der Waals surface area contributed by atoms with Gasteiger partial charge in [0.1, 0.15) is 0 Å². The summed E-state index contributed by atoms with van der Waals surface area (Å²) in [6.45, 7) is 1.88. The Morgan fingerprint density at radius 1 is 1.73 bits per heavy atom. The van der Waals surface area contributed by atoms with E-state index in [4.69, 9.17) is 16.3 Å². The lowest BCUT2D eigenvalue weighted by atomic mass is 10.2. The van der Waals surface area contributed by atoms with Gasteiger partial charge < -0.3 is 15.2 Å². The molecule has 1 aliphatic heterocycles. The minimum absolute atomic E-state index is 0.328. The van der Waals surface area contributed by atoms with E-state index in [0.29, 0.717) is 29.7 Å².